The second-order valence-electron chi connectivity index (χ2n) is 5.63. The van der Waals surface area contributed by atoms with Gasteiger partial charge in [0.2, 0.25) is 0 Å². The maximum absolute atomic E-state index is 5.86. The summed E-state index contributed by atoms with van der Waals surface area (Å²) in [4.78, 5) is 0. The Labute approximate surface area is 103 Å². The number of hydrogen-bond acceptors (Lipinski definition) is 2. The van der Waals surface area contributed by atoms with Crippen molar-refractivity contribution in [2.45, 2.75) is 38.3 Å². The smallest absolute Gasteiger partial charge is 0.0717 e. The molecule has 0 aromatic heterocycles. The first-order chi connectivity index (χ1) is 8.36. The Kier molecular flexibility index (Phi) is 3.17. The monoisotopic (exact) mass is 231 g/mol. The second kappa shape index (κ2) is 4.79. The fourth-order valence-corrected chi connectivity index (χ4v) is 2.16. The van der Waals surface area contributed by atoms with Crippen LogP contribution in [-0.2, 0) is 11.3 Å². The normalized spacial score (nSPS) is 21.4. The lowest BCUT2D eigenvalue weighted by Gasteiger charge is -2.16. The van der Waals surface area contributed by atoms with Crippen LogP contribution in [0.25, 0.3) is 0 Å². The van der Waals surface area contributed by atoms with Gasteiger partial charge in [0, 0.05) is 18.0 Å². The lowest BCUT2D eigenvalue weighted by molar-refractivity contribution is 0.0776. The van der Waals surface area contributed by atoms with Crippen molar-refractivity contribution in [1.82, 2.24) is 5.32 Å². The van der Waals surface area contributed by atoms with Gasteiger partial charge in [-0.15, -0.1) is 0 Å². The Morgan fingerprint density at radius 1 is 1.18 bits per heavy atom. The van der Waals surface area contributed by atoms with Gasteiger partial charge in [0.25, 0.3) is 0 Å². The van der Waals surface area contributed by atoms with Crippen molar-refractivity contribution in [2.24, 2.45) is 5.41 Å². The average Bonchev–Trinajstić information content (AvgIpc) is 3.25. The van der Waals surface area contributed by atoms with Crippen LogP contribution >= 0.6 is 0 Å². The highest BCUT2D eigenvalue weighted by molar-refractivity contribution is 5.13. The summed E-state index contributed by atoms with van der Waals surface area (Å²) in [5.41, 5.74) is 1.75. The van der Waals surface area contributed by atoms with E-state index in [0.717, 1.165) is 25.8 Å². The molecule has 0 saturated heterocycles. The predicted molar refractivity (Wildman–Crippen MR) is 68.8 cm³/mol. The highest BCUT2D eigenvalue weighted by Gasteiger charge is 2.43. The van der Waals surface area contributed by atoms with E-state index in [1.807, 2.05) is 6.07 Å². The molecule has 0 heterocycles. The highest BCUT2D eigenvalue weighted by Crippen LogP contribution is 2.45. The summed E-state index contributed by atoms with van der Waals surface area (Å²) in [7, 11) is 0. The Morgan fingerprint density at radius 2 is 1.94 bits per heavy atom. The lowest BCUT2D eigenvalue weighted by Crippen LogP contribution is -2.28. The Bertz CT molecular complexity index is 354. The molecule has 0 radical (unpaired) electrons. The molecule has 3 rings (SSSR count). The third-order valence-corrected chi connectivity index (χ3v) is 3.82. The van der Waals surface area contributed by atoms with Crippen LogP contribution in [0.3, 0.4) is 0 Å². The number of nitrogens with one attached hydrogen (secondary N) is 1. The van der Waals surface area contributed by atoms with Gasteiger partial charge in [0.15, 0.2) is 0 Å². The van der Waals surface area contributed by atoms with E-state index in [9.17, 15) is 0 Å². The van der Waals surface area contributed by atoms with Crippen LogP contribution in [0.1, 0.15) is 31.2 Å². The van der Waals surface area contributed by atoms with Crippen molar-refractivity contribution < 1.29 is 4.74 Å². The van der Waals surface area contributed by atoms with Crippen molar-refractivity contribution in [1.29, 1.82) is 0 Å². The first-order valence-corrected chi connectivity index (χ1v) is 6.71. The molecule has 0 unspecified atom stereocenters. The summed E-state index contributed by atoms with van der Waals surface area (Å²) in [6, 6.07) is 11.3. The van der Waals surface area contributed by atoms with E-state index in [1.54, 1.807) is 0 Å². The molecule has 0 spiro atoms. The molecule has 2 fully saturated rings. The van der Waals surface area contributed by atoms with E-state index in [2.05, 4.69) is 29.6 Å². The third-order valence-electron chi connectivity index (χ3n) is 3.82. The summed E-state index contributed by atoms with van der Waals surface area (Å²) in [5, 5.41) is 3.63. The number of ether oxygens (including phenoxy) is 1. The van der Waals surface area contributed by atoms with Gasteiger partial charge in [0.05, 0.1) is 13.2 Å². The van der Waals surface area contributed by atoms with E-state index >= 15 is 0 Å². The Hall–Kier alpha value is -0.860. The highest BCUT2D eigenvalue weighted by atomic mass is 16.5. The maximum Gasteiger partial charge on any atom is 0.0717 e. The SMILES string of the molecule is c1ccc(COCC2(CNC3CC3)CC2)cc1. The summed E-state index contributed by atoms with van der Waals surface area (Å²) in [6.07, 6.45) is 5.42. The first-order valence-electron chi connectivity index (χ1n) is 6.71. The molecule has 0 aliphatic heterocycles. The summed E-state index contributed by atoms with van der Waals surface area (Å²) in [6.45, 7) is 2.83. The molecule has 92 valence electrons. The van der Waals surface area contributed by atoms with E-state index < -0.39 is 0 Å². The minimum Gasteiger partial charge on any atom is -0.376 e. The molecule has 2 aliphatic rings. The standard InChI is InChI=1S/C15H21NO/c1-2-4-13(5-3-1)10-17-12-15(8-9-15)11-16-14-6-7-14/h1-5,14,16H,6-12H2. The van der Waals surface area contributed by atoms with E-state index in [1.165, 1.54) is 31.2 Å². The van der Waals surface area contributed by atoms with Gasteiger partial charge in [-0.2, -0.15) is 0 Å². The predicted octanol–water partition coefficient (Wildman–Crippen LogP) is 2.74. The number of benzene rings is 1. The maximum atomic E-state index is 5.86. The second-order valence-corrected chi connectivity index (χ2v) is 5.63. The van der Waals surface area contributed by atoms with Gasteiger partial charge in [-0.3, -0.25) is 0 Å². The quantitative estimate of drug-likeness (QED) is 0.779. The topological polar surface area (TPSA) is 21.3 Å². The molecule has 2 saturated carbocycles. The van der Waals surface area contributed by atoms with Gasteiger partial charge >= 0.3 is 0 Å². The molecule has 1 aromatic carbocycles. The van der Waals surface area contributed by atoms with Crippen LogP contribution in [0.15, 0.2) is 30.3 Å². The number of rotatable bonds is 7. The van der Waals surface area contributed by atoms with Crippen molar-refractivity contribution >= 4 is 0 Å². The molecule has 2 heteroatoms. The van der Waals surface area contributed by atoms with Crippen LogP contribution in [0.5, 0.6) is 0 Å². The molecule has 0 atom stereocenters. The number of hydrogen-bond donors (Lipinski definition) is 1. The van der Waals surface area contributed by atoms with Crippen LogP contribution in [0.2, 0.25) is 0 Å². The van der Waals surface area contributed by atoms with Crippen LogP contribution in [-0.4, -0.2) is 19.2 Å². The van der Waals surface area contributed by atoms with Crippen molar-refractivity contribution in [3.63, 3.8) is 0 Å². The van der Waals surface area contributed by atoms with Gasteiger partial charge in [-0.05, 0) is 31.2 Å². The largest absolute Gasteiger partial charge is 0.376 e. The third kappa shape index (κ3) is 3.30. The van der Waals surface area contributed by atoms with Gasteiger partial charge in [-0.1, -0.05) is 30.3 Å². The summed E-state index contributed by atoms with van der Waals surface area (Å²) < 4.78 is 5.86. The Morgan fingerprint density at radius 3 is 2.59 bits per heavy atom. The van der Waals surface area contributed by atoms with Gasteiger partial charge in [-0.25, -0.2) is 0 Å². The van der Waals surface area contributed by atoms with Crippen LogP contribution in [0, 0.1) is 5.41 Å². The van der Waals surface area contributed by atoms with Gasteiger partial charge < -0.3 is 10.1 Å². The molecular formula is C15H21NO. The molecule has 1 aromatic rings. The molecular weight excluding hydrogens is 210 g/mol. The van der Waals surface area contributed by atoms with Crippen LogP contribution < -0.4 is 5.32 Å². The zero-order chi connectivity index (χ0) is 11.6. The molecule has 2 aliphatic carbocycles. The molecule has 1 N–H and O–H groups in total. The zero-order valence-corrected chi connectivity index (χ0v) is 10.3. The van der Waals surface area contributed by atoms with Crippen LogP contribution in [0.4, 0.5) is 0 Å². The van der Waals surface area contributed by atoms with E-state index in [-0.39, 0.29) is 0 Å². The fourth-order valence-electron chi connectivity index (χ4n) is 2.16. The van der Waals surface area contributed by atoms with E-state index in [0.29, 0.717) is 5.41 Å². The van der Waals surface area contributed by atoms with Crippen molar-refractivity contribution in [3.05, 3.63) is 35.9 Å². The molecule has 0 bridgehead atoms. The Balaban J connectivity index is 1.38. The minimum absolute atomic E-state index is 0.470. The molecule has 0 amide bonds. The zero-order valence-electron chi connectivity index (χ0n) is 10.3. The summed E-state index contributed by atoms with van der Waals surface area (Å²) in [5.74, 6) is 0. The van der Waals surface area contributed by atoms with E-state index in [4.69, 9.17) is 4.74 Å². The molecule has 17 heavy (non-hydrogen) atoms. The summed E-state index contributed by atoms with van der Waals surface area (Å²) >= 11 is 0. The van der Waals surface area contributed by atoms with Crippen molar-refractivity contribution in [2.75, 3.05) is 13.2 Å². The van der Waals surface area contributed by atoms with Crippen molar-refractivity contribution in [3.8, 4) is 0 Å². The minimum atomic E-state index is 0.470. The lowest BCUT2D eigenvalue weighted by atomic mass is 10.1. The van der Waals surface area contributed by atoms with Gasteiger partial charge in [0.1, 0.15) is 0 Å². The first kappa shape index (κ1) is 11.2. The fraction of sp³-hybridized carbons (Fsp3) is 0.600. The average molecular weight is 231 g/mol. The molecule has 2 nitrogen and oxygen atoms in total.